The van der Waals surface area contributed by atoms with Crippen LogP contribution in [0.2, 0.25) is 0 Å². The second-order valence-corrected chi connectivity index (χ2v) is 3.91. The summed E-state index contributed by atoms with van der Waals surface area (Å²) in [5, 5.41) is 3.91. The molecule has 2 saturated heterocycles. The maximum absolute atomic E-state index is 4.74. The number of piperidine rings is 1. The maximum Gasteiger partial charge on any atom is 0.106 e. The van der Waals surface area contributed by atoms with E-state index in [1.165, 1.54) is 38.9 Å². The Kier molecular flexibility index (Phi) is 2.05. The van der Waals surface area contributed by atoms with Crippen molar-refractivity contribution in [3.63, 3.8) is 0 Å². The van der Waals surface area contributed by atoms with Gasteiger partial charge in [0.25, 0.3) is 0 Å². The molecule has 0 aromatic carbocycles. The monoisotopic (exact) mass is 168 g/mol. The van der Waals surface area contributed by atoms with Crippen molar-refractivity contribution in [2.24, 2.45) is 10.6 Å². The van der Waals surface area contributed by atoms with Crippen molar-refractivity contribution < 1.29 is 4.84 Å². The molecular formula is C9H16N2O. The van der Waals surface area contributed by atoms with Crippen LogP contribution < -0.4 is 0 Å². The Labute approximate surface area is 73.4 Å². The van der Waals surface area contributed by atoms with Gasteiger partial charge in [-0.3, -0.25) is 0 Å². The van der Waals surface area contributed by atoms with Gasteiger partial charge < -0.3 is 9.74 Å². The lowest BCUT2D eigenvalue weighted by Gasteiger charge is -2.29. The summed E-state index contributed by atoms with van der Waals surface area (Å²) in [7, 11) is 1.61. The Balaban J connectivity index is 2.05. The third-order valence-corrected chi connectivity index (χ3v) is 3.05. The van der Waals surface area contributed by atoms with Crippen molar-refractivity contribution in [1.82, 2.24) is 4.90 Å². The number of hydrogen-bond donors (Lipinski definition) is 0. The fraction of sp³-hybridized carbons (Fsp3) is 0.889. The van der Waals surface area contributed by atoms with E-state index in [1.54, 1.807) is 7.11 Å². The topological polar surface area (TPSA) is 24.8 Å². The molecule has 0 saturated carbocycles. The zero-order valence-corrected chi connectivity index (χ0v) is 7.62. The Bertz CT molecular complexity index is 189. The molecule has 2 unspecified atom stereocenters. The van der Waals surface area contributed by atoms with E-state index in [2.05, 4.69) is 10.1 Å². The molecule has 2 fully saturated rings. The molecular weight excluding hydrogens is 152 g/mol. The summed E-state index contributed by atoms with van der Waals surface area (Å²) in [5.74, 6) is 0. The van der Waals surface area contributed by atoms with Gasteiger partial charge in [0.05, 0.1) is 6.21 Å². The third kappa shape index (κ3) is 1.33. The van der Waals surface area contributed by atoms with Crippen LogP contribution in [0.1, 0.15) is 19.3 Å². The summed E-state index contributed by atoms with van der Waals surface area (Å²) in [6.07, 6.45) is 5.89. The zero-order valence-electron chi connectivity index (χ0n) is 7.62. The zero-order chi connectivity index (χ0) is 8.44. The summed E-state index contributed by atoms with van der Waals surface area (Å²) in [6, 6.07) is 0. The van der Waals surface area contributed by atoms with Crippen LogP contribution in [0.3, 0.4) is 0 Å². The molecule has 0 radical (unpaired) electrons. The lowest BCUT2D eigenvalue weighted by molar-refractivity contribution is 0.201. The van der Waals surface area contributed by atoms with Gasteiger partial charge in [-0.15, -0.1) is 0 Å². The van der Waals surface area contributed by atoms with Crippen LogP contribution in [0.25, 0.3) is 0 Å². The lowest BCUT2D eigenvalue weighted by atomic mass is 9.82. The quantitative estimate of drug-likeness (QED) is 0.455. The van der Waals surface area contributed by atoms with Crippen molar-refractivity contribution in [2.45, 2.75) is 19.3 Å². The fourth-order valence-electron chi connectivity index (χ4n) is 2.37. The van der Waals surface area contributed by atoms with Crippen LogP contribution in [-0.2, 0) is 4.84 Å². The van der Waals surface area contributed by atoms with Gasteiger partial charge in [-0.1, -0.05) is 5.16 Å². The molecule has 0 N–H and O–H groups in total. The molecule has 0 amide bonds. The summed E-state index contributed by atoms with van der Waals surface area (Å²) in [4.78, 5) is 7.26. The highest BCUT2D eigenvalue weighted by atomic mass is 16.6. The average Bonchev–Trinajstić information content (AvgIpc) is 2.40. The Morgan fingerprint density at radius 1 is 1.42 bits per heavy atom. The van der Waals surface area contributed by atoms with Crippen molar-refractivity contribution in [2.75, 3.05) is 26.7 Å². The molecule has 2 rings (SSSR count). The summed E-state index contributed by atoms with van der Waals surface area (Å²) in [5.41, 5.74) is 0.355. The van der Waals surface area contributed by atoms with Gasteiger partial charge in [0.1, 0.15) is 7.11 Å². The van der Waals surface area contributed by atoms with E-state index in [1.807, 2.05) is 6.21 Å². The van der Waals surface area contributed by atoms with Crippen LogP contribution in [0.4, 0.5) is 0 Å². The van der Waals surface area contributed by atoms with Crippen molar-refractivity contribution in [3.8, 4) is 0 Å². The molecule has 0 aliphatic carbocycles. The van der Waals surface area contributed by atoms with E-state index in [9.17, 15) is 0 Å². The molecule has 12 heavy (non-hydrogen) atoms. The Hall–Kier alpha value is -0.570. The molecule has 2 atom stereocenters. The van der Waals surface area contributed by atoms with Gasteiger partial charge in [0.2, 0.25) is 0 Å². The van der Waals surface area contributed by atoms with Crippen molar-refractivity contribution >= 4 is 6.21 Å². The largest absolute Gasteiger partial charge is 0.399 e. The number of oxime groups is 1. The van der Waals surface area contributed by atoms with Crippen LogP contribution in [0.15, 0.2) is 5.16 Å². The fourth-order valence-corrected chi connectivity index (χ4v) is 2.37. The summed E-state index contributed by atoms with van der Waals surface area (Å²) in [6.45, 7) is 3.72. The van der Waals surface area contributed by atoms with E-state index in [4.69, 9.17) is 4.84 Å². The predicted molar refractivity (Wildman–Crippen MR) is 48.2 cm³/mol. The predicted octanol–water partition coefficient (Wildman–Crippen LogP) is 1.10. The molecule has 2 bridgehead atoms. The van der Waals surface area contributed by atoms with Gasteiger partial charge in [0, 0.05) is 12.0 Å². The van der Waals surface area contributed by atoms with Gasteiger partial charge in [0.15, 0.2) is 0 Å². The van der Waals surface area contributed by atoms with Crippen molar-refractivity contribution in [1.29, 1.82) is 0 Å². The van der Waals surface area contributed by atoms with Gasteiger partial charge >= 0.3 is 0 Å². The number of hydrogen-bond acceptors (Lipinski definition) is 3. The first-order chi connectivity index (χ1) is 5.85. The standard InChI is InChI=1S/C9H16N2O/c1-12-10-7-9-3-2-5-11(8-9)6-4-9/h7H,2-6,8H2,1H3. The number of nitrogens with zero attached hydrogens (tertiary/aromatic N) is 2. The minimum Gasteiger partial charge on any atom is -0.399 e. The third-order valence-electron chi connectivity index (χ3n) is 3.05. The molecule has 0 aromatic rings. The first-order valence-corrected chi connectivity index (χ1v) is 4.65. The van der Waals surface area contributed by atoms with Crippen molar-refractivity contribution in [3.05, 3.63) is 0 Å². The minimum absolute atomic E-state index is 0.355. The SMILES string of the molecule is CON=CC12CCCN(CC1)C2. The smallest absolute Gasteiger partial charge is 0.106 e. The van der Waals surface area contributed by atoms with E-state index < -0.39 is 0 Å². The molecule has 3 heteroatoms. The van der Waals surface area contributed by atoms with E-state index in [0.29, 0.717) is 5.41 Å². The van der Waals surface area contributed by atoms with Gasteiger partial charge in [-0.25, -0.2) is 0 Å². The van der Waals surface area contributed by atoms with E-state index in [-0.39, 0.29) is 0 Å². The normalized spacial score (nSPS) is 40.6. The highest BCUT2D eigenvalue weighted by molar-refractivity contribution is 5.66. The van der Waals surface area contributed by atoms with E-state index in [0.717, 1.165) is 0 Å². The lowest BCUT2D eigenvalue weighted by Crippen LogP contribution is -2.34. The minimum atomic E-state index is 0.355. The van der Waals surface area contributed by atoms with E-state index >= 15 is 0 Å². The first kappa shape index (κ1) is 8.05. The highest BCUT2D eigenvalue weighted by Crippen LogP contribution is 2.37. The first-order valence-electron chi connectivity index (χ1n) is 4.65. The Morgan fingerprint density at radius 2 is 2.33 bits per heavy atom. The average molecular weight is 168 g/mol. The second-order valence-electron chi connectivity index (χ2n) is 3.91. The number of fused-ring (bicyclic) bond motifs is 2. The van der Waals surface area contributed by atoms with Gasteiger partial charge in [-0.2, -0.15) is 0 Å². The molecule has 0 spiro atoms. The maximum atomic E-state index is 4.74. The molecule has 3 nitrogen and oxygen atoms in total. The second kappa shape index (κ2) is 3.05. The highest BCUT2D eigenvalue weighted by Gasteiger charge is 2.39. The van der Waals surface area contributed by atoms with Crippen LogP contribution >= 0.6 is 0 Å². The summed E-state index contributed by atoms with van der Waals surface area (Å²) < 4.78 is 0. The Morgan fingerprint density at radius 3 is 3.17 bits per heavy atom. The number of rotatable bonds is 2. The van der Waals surface area contributed by atoms with Gasteiger partial charge in [-0.05, 0) is 32.4 Å². The molecule has 2 heterocycles. The molecule has 0 aromatic heterocycles. The van der Waals surface area contributed by atoms with Crippen LogP contribution in [0, 0.1) is 5.41 Å². The van der Waals surface area contributed by atoms with Crippen LogP contribution in [-0.4, -0.2) is 37.9 Å². The molecule has 2 aliphatic heterocycles. The molecule has 68 valence electrons. The summed E-state index contributed by atoms with van der Waals surface area (Å²) >= 11 is 0. The van der Waals surface area contributed by atoms with Crippen LogP contribution in [0.5, 0.6) is 0 Å². The molecule has 2 aliphatic rings.